The highest BCUT2D eigenvalue weighted by atomic mass is 16.5. The molecule has 2 fully saturated rings. The van der Waals surface area contributed by atoms with Gasteiger partial charge in [-0.25, -0.2) is 0 Å². The van der Waals surface area contributed by atoms with E-state index in [4.69, 9.17) is 9.47 Å². The van der Waals surface area contributed by atoms with Gasteiger partial charge in [0.2, 0.25) is 0 Å². The van der Waals surface area contributed by atoms with Crippen LogP contribution in [0.2, 0.25) is 0 Å². The maximum atomic E-state index is 6.18. The van der Waals surface area contributed by atoms with E-state index in [1.54, 1.807) is 0 Å². The molecule has 2 heterocycles. The van der Waals surface area contributed by atoms with Crippen LogP contribution in [0.5, 0.6) is 0 Å². The fourth-order valence-electron chi connectivity index (χ4n) is 4.51. The predicted molar refractivity (Wildman–Crippen MR) is 128 cm³/mol. The molecule has 174 valence electrons. The predicted octanol–water partition coefficient (Wildman–Crippen LogP) is 3.52. The lowest BCUT2D eigenvalue weighted by Crippen LogP contribution is -2.50. The van der Waals surface area contributed by atoms with Gasteiger partial charge < -0.3 is 25.0 Å². The Morgan fingerprint density at radius 1 is 1.19 bits per heavy atom. The number of likely N-dealkylation sites (tertiary alicyclic amines) is 1. The summed E-state index contributed by atoms with van der Waals surface area (Å²) in [6.07, 6.45) is 5.06. The van der Waals surface area contributed by atoms with Crippen LogP contribution in [-0.2, 0) is 9.47 Å². The summed E-state index contributed by atoms with van der Waals surface area (Å²) in [5, 5.41) is 7.22. The highest BCUT2D eigenvalue weighted by molar-refractivity contribution is 5.80. The summed E-state index contributed by atoms with van der Waals surface area (Å²) < 4.78 is 11.9. The Morgan fingerprint density at radius 2 is 1.94 bits per heavy atom. The van der Waals surface area contributed by atoms with E-state index in [0.29, 0.717) is 18.1 Å². The minimum absolute atomic E-state index is 0.163. The van der Waals surface area contributed by atoms with E-state index in [-0.39, 0.29) is 6.10 Å². The van der Waals surface area contributed by atoms with E-state index < -0.39 is 0 Å². The highest BCUT2D eigenvalue weighted by Crippen LogP contribution is 2.33. The van der Waals surface area contributed by atoms with Crippen molar-refractivity contribution in [2.24, 2.45) is 10.9 Å². The zero-order valence-corrected chi connectivity index (χ0v) is 19.9. The lowest BCUT2D eigenvalue weighted by Gasteiger charge is -2.34. The largest absolute Gasteiger partial charge is 0.377 e. The van der Waals surface area contributed by atoms with Crippen LogP contribution in [0.15, 0.2) is 29.3 Å². The third-order valence-corrected chi connectivity index (χ3v) is 6.39. The zero-order chi connectivity index (χ0) is 22.1. The molecule has 2 unspecified atom stereocenters. The molecular weight excluding hydrogens is 388 g/mol. The molecule has 0 spiro atoms. The van der Waals surface area contributed by atoms with Gasteiger partial charge in [0, 0.05) is 51.8 Å². The molecule has 2 N–H and O–H groups in total. The van der Waals surface area contributed by atoms with Gasteiger partial charge in [-0.2, -0.15) is 0 Å². The molecule has 1 aromatic rings. The van der Waals surface area contributed by atoms with E-state index in [9.17, 15) is 0 Å². The molecule has 2 saturated heterocycles. The maximum absolute atomic E-state index is 6.18. The summed E-state index contributed by atoms with van der Waals surface area (Å²) in [7, 11) is 1.86. The van der Waals surface area contributed by atoms with Gasteiger partial charge in [0.15, 0.2) is 5.96 Å². The molecule has 0 amide bonds. The number of hydrogen-bond acceptors (Lipinski definition) is 4. The van der Waals surface area contributed by atoms with Crippen LogP contribution in [0.25, 0.3) is 0 Å². The molecule has 2 aliphatic heterocycles. The molecule has 0 saturated carbocycles. The molecule has 3 rings (SSSR count). The van der Waals surface area contributed by atoms with E-state index >= 15 is 0 Å². The van der Waals surface area contributed by atoms with Crippen molar-refractivity contribution >= 4 is 5.96 Å². The Balaban J connectivity index is 1.43. The van der Waals surface area contributed by atoms with Crippen LogP contribution in [0.1, 0.15) is 56.8 Å². The maximum Gasteiger partial charge on any atom is 0.191 e. The number of hydrogen-bond donors (Lipinski definition) is 2. The van der Waals surface area contributed by atoms with Gasteiger partial charge in [-0.3, -0.25) is 4.99 Å². The van der Waals surface area contributed by atoms with Gasteiger partial charge in [0.25, 0.3) is 0 Å². The van der Waals surface area contributed by atoms with Crippen molar-refractivity contribution in [2.45, 2.75) is 64.7 Å². The summed E-state index contributed by atoms with van der Waals surface area (Å²) in [5.41, 5.74) is 2.58. The molecule has 6 heteroatoms. The number of rotatable bonds is 8. The Hall–Kier alpha value is -1.63. The normalized spacial score (nSPS) is 23.8. The summed E-state index contributed by atoms with van der Waals surface area (Å²) >= 11 is 0. The quantitative estimate of drug-likeness (QED) is 0.488. The van der Waals surface area contributed by atoms with Crippen molar-refractivity contribution in [3.8, 4) is 0 Å². The molecule has 1 aromatic carbocycles. The minimum Gasteiger partial charge on any atom is -0.377 e. The summed E-state index contributed by atoms with van der Waals surface area (Å²) in [4.78, 5) is 6.99. The van der Waals surface area contributed by atoms with Crippen LogP contribution in [0, 0.1) is 12.8 Å². The molecule has 2 atom stereocenters. The second kappa shape index (κ2) is 12.4. The van der Waals surface area contributed by atoms with E-state index in [2.05, 4.69) is 65.6 Å². The van der Waals surface area contributed by atoms with Gasteiger partial charge in [-0.1, -0.05) is 29.8 Å². The second-order valence-corrected chi connectivity index (χ2v) is 9.24. The summed E-state index contributed by atoms with van der Waals surface area (Å²) in [6, 6.07) is 9.26. The van der Waals surface area contributed by atoms with Crippen LogP contribution in [0.3, 0.4) is 0 Å². The van der Waals surface area contributed by atoms with Crippen molar-refractivity contribution in [1.82, 2.24) is 15.5 Å². The first-order chi connectivity index (χ1) is 15.0. The SMILES string of the molecule is CN=C(NCC1CCCOC1c1ccc(C)cc1)NC1CCN(CCOC(C)C)CC1. The lowest BCUT2D eigenvalue weighted by atomic mass is 9.89. The third kappa shape index (κ3) is 7.78. The number of nitrogens with zero attached hydrogens (tertiary/aromatic N) is 2. The van der Waals surface area contributed by atoms with Gasteiger partial charge in [-0.05, 0) is 52.0 Å². The van der Waals surface area contributed by atoms with E-state index in [1.165, 1.54) is 17.5 Å². The van der Waals surface area contributed by atoms with Crippen molar-refractivity contribution < 1.29 is 9.47 Å². The lowest BCUT2D eigenvalue weighted by molar-refractivity contribution is -0.0265. The van der Waals surface area contributed by atoms with Gasteiger partial charge in [0.1, 0.15) is 0 Å². The number of nitrogens with one attached hydrogen (secondary N) is 2. The average Bonchev–Trinajstić information content (AvgIpc) is 2.78. The molecule has 0 aliphatic carbocycles. The van der Waals surface area contributed by atoms with Crippen molar-refractivity contribution in [3.05, 3.63) is 35.4 Å². The Morgan fingerprint density at radius 3 is 2.61 bits per heavy atom. The minimum atomic E-state index is 0.163. The molecule has 6 nitrogen and oxygen atoms in total. The molecular formula is C25H42N4O2. The van der Waals surface area contributed by atoms with Crippen LogP contribution in [0.4, 0.5) is 0 Å². The standard InChI is InChI=1S/C25H42N4O2/c1-19(2)30-17-15-29-13-11-23(12-14-29)28-25(26-4)27-18-22-6-5-16-31-24(22)21-9-7-20(3)8-10-21/h7-10,19,22-24H,5-6,11-18H2,1-4H3,(H2,26,27,28). The molecule has 0 bridgehead atoms. The van der Waals surface area contributed by atoms with Crippen LogP contribution >= 0.6 is 0 Å². The number of guanidine groups is 1. The number of benzene rings is 1. The van der Waals surface area contributed by atoms with Crippen molar-refractivity contribution in [1.29, 1.82) is 0 Å². The monoisotopic (exact) mass is 430 g/mol. The van der Waals surface area contributed by atoms with Crippen LogP contribution in [-0.4, -0.2) is 69.4 Å². The fourth-order valence-corrected chi connectivity index (χ4v) is 4.51. The number of piperidine rings is 1. The molecule has 2 aliphatic rings. The second-order valence-electron chi connectivity index (χ2n) is 9.24. The number of ether oxygens (including phenoxy) is 2. The Kier molecular flexibility index (Phi) is 9.62. The Bertz CT molecular complexity index is 669. The topological polar surface area (TPSA) is 58.1 Å². The zero-order valence-electron chi connectivity index (χ0n) is 19.9. The van der Waals surface area contributed by atoms with Gasteiger partial charge in [-0.15, -0.1) is 0 Å². The molecule has 31 heavy (non-hydrogen) atoms. The smallest absolute Gasteiger partial charge is 0.191 e. The first-order valence-corrected chi connectivity index (χ1v) is 12.0. The van der Waals surface area contributed by atoms with Crippen molar-refractivity contribution in [3.63, 3.8) is 0 Å². The first-order valence-electron chi connectivity index (χ1n) is 12.0. The van der Waals surface area contributed by atoms with Gasteiger partial charge in [0.05, 0.1) is 18.8 Å². The van der Waals surface area contributed by atoms with Crippen LogP contribution < -0.4 is 10.6 Å². The summed E-state index contributed by atoms with van der Waals surface area (Å²) in [6.45, 7) is 12.1. The van der Waals surface area contributed by atoms with Crippen molar-refractivity contribution in [2.75, 3.05) is 46.4 Å². The summed E-state index contributed by atoms with van der Waals surface area (Å²) in [5.74, 6) is 1.37. The van der Waals surface area contributed by atoms with E-state index in [0.717, 1.165) is 64.6 Å². The number of aryl methyl sites for hydroxylation is 1. The third-order valence-electron chi connectivity index (χ3n) is 6.39. The number of aliphatic imine (C=N–C) groups is 1. The first kappa shape index (κ1) is 24.0. The average molecular weight is 431 g/mol. The molecule has 0 radical (unpaired) electrons. The fraction of sp³-hybridized carbons (Fsp3) is 0.720. The highest BCUT2D eigenvalue weighted by Gasteiger charge is 2.28. The molecule has 0 aromatic heterocycles. The van der Waals surface area contributed by atoms with E-state index in [1.807, 2.05) is 7.05 Å². The van der Waals surface area contributed by atoms with Gasteiger partial charge >= 0.3 is 0 Å². The Labute approximate surface area is 188 Å².